The number of methoxy groups -OCH3 is 1. The molecule has 0 amide bonds. The molecule has 0 heterocycles. The first-order chi connectivity index (χ1) is 10.2. The largest absolute Gasteiger partial charge is 0.496 e. The van der Waals surface area contributed by atoms with Gasteiger partial charge in [0.05, 0.1) is 13.7 Å². The van der Waals surface area contributed by atoms with E-state index >= 15 is 0 Å². The quantitative estimate of drug-likeness (QED) is 0.509. The minimum Gasteiger partial charge on any atom is -0.496 e. The Balaban J connectivity index is 2.51. The summed E-state index contributed by atoms with van der Waals surface area (Å²) in [6, 6.07) is 4.12. The third-order valence-corrected chi connectivity index (χ3v) is 3.63. The summed E-state index contributed by atoms with van der Waals surface area (Å²) < 4.78 is 11.3. The lowest BCUT2D eigenvalue weighted by Gasteiger charge is -2.13. The molecule has 0 saturated heterocycles. The van der Waals surface area contributed by atoms with Gasteiger partial charge in [0, 0.05) is 5.56 Å². The van der Waals surface area contributed by atoms with Gasteiger partial charge >= 0.3 is 0 Å². The van der Waals surface area contributed by atoms with Crippen LogP contribution in [0, 0.1) is 6.92 Å². The van der Waals surface area contributed by atoms with Crippen LogP contribution in [0.2, 0.25) is 0 Å². The van der Waals surface area contributed by atoms with Crippen LogP contribution in [0.4, 0.5) is 0 Å². The van der Waals surface area contributed by atoms with Crippen molar-refractivity contribution < 1.29 is 9.47 Å². The summed E-state index contributed by atoms with van der Waals surface area (Å²) in [6.45, 7) is 7.11. The zero-order chi connectivity index (χ0) is 15.5. The van der Waals surface area contributed by atoms with E-state index in [0.29, 0.717) is 0 Å². The Morgan fingerprint density at radius 3 is 2.38 bits per heavy atom. The van der Waals surface area contributed by atoms with Crippen LogP contribution >= 0.6 is 0 Å². The molecular weight excluding hydrogens is 260 g/mol. The van der Waals surface area contributed by atoms with Crippen molar-refractivity contribution in [2.45, 2.75) is 59.3 Å². The molecule has 0 bridgehead atoms. The maximum absolute atomic E-state index is 5.97. The molecule has 118 valence electrons. The maximum Gasteiger partial charge on any atom is 0.127 e. The van der Waals surface area contributed by atoms with E-state index in [2.05, 4.69) is 26.0 Å². The first-order valence-corrected chi connectivity index (χ1v) is 8.17. The Morgan fingerprint density at radius 1 is 1.00 bits per heavy atom. The molecule has 1 aromatic rings. The van der Waals surface area contributed by atoms with Gasteiger partial charge in [-0.05, 0) is 38.0 Å². The van der Waals surface area contributed by atoms with E-state index in [1.807, 2.05) is 19.1 Å². The summed E-state index contributed by atoms with van der Waals surface area (Å²) in [5.74, 6) is 1.87. The average molecular weight is 290 g/mol. The van der Waals surface area contributed by atoms with Crippen LogP contribution in [0.3, 0.4) is 0 Å². The molecule has 0 saturated carbocycles. The second-order valence-corrected chi connectivity index (χ2v) is 5.48. The van der Waals surface area contributed by atoms with E-state index in [-0.39, 0.29) is 0 Å². The minimum absolute atomic E-state index is 0.794. The highest BCUT2D eigenvalue weighted by Crippen LogP contribution is 2.29. The number of aryl methyl sites for hydroxylation is 1. The monoisotopic (exact) mass is 290 g/mol. The van der Waals surface area contributed by atoms with E-state index in [0.717, 1.165) is 35.7 Å². The van der Waals surface area contributed by atoms with Crippen molar-refractivity contribution in [3.8, 4) is 11.5 Å². The average Bonchev–Trinajstić information content (AvgIpc) is 2.48. The van der Waals surface area contributed by atoms with Crippen LogP contribution in [-0.4, -0.2) is 13.7 Å². The first-order valence-electron chi connectivity index (χ1n) is 8.17. The zero-order valence-corrected chi connectivity index (χ0v) is 14.1. The molecule has 1 aromatic carbocycles. The van der Waals surface area contributed by atoms with E-state index < -0.39 is 0 Å². The van der Waals surface area contributed by atoms with Crippen LogP contribution in [0.15, 0.2) is 18.2 Å². The van der Waals surface area contributed by atoms with Crippen LogP contribution in [0.5, 0.6) is 11.5 Å². The SMILES string of the molecule is CC=Cc1cc(OC)c(C)cc1OCCCCCCCC. The number of hydrogen-bond acceptors (Lipinski definition) is 2. The van der Waals surface area contributed by atoms with Gasteiger partial charge in [0.1, 0.15) is 11.5 Å². The fourth-order valence-electron chi connectivity index (χ4n) is 2.40. The lowest BCUT2D eigenvalue weighted by molar-refractivity contribution is 0.303. The number of hydrogen-bond donors (Lipinski definition) is 0. The van der Waals surface area contributed by atoms with Gasteiger partial charge in [-0.15, -0.1) is 0 Å². The molecule has 21 heavy (non-hydrogen) atoms. The molecule has 0 fully saturated rings. The molecule has 0 aliphatic carbocycles. The molecule has 0 radical (unpaired) electrons. The topological polar surface area (TPSA) is 18.5 Å². The molecule has 0 spiro atoms. The fraction of sp³-hybridized carbons (Fsp3) is 0.579. The summed E-state index contributed by atoms with van der Waals surface area (Å²) in [7, 11) is 1.71. The van der Waals surface area contributed by atoms with Gasteiger partial charge in [-0.2, -0.15) is 0 Å². The van der Waals surface area contributed by atoms with E-state index in [4.69, 9.17) is 9.47 Å². The first kappa shape index (κ1) is 17.6. The molecular formula is C19H30O2. The summed E-state index contributed by atoms with van der Waals surface area (Å²) in [5, 5.41) is 0. The molecule has 0 atom stereocenters. The van der Waals surface area contributed by atoms with Crippen molar-refractivity contribution in [2.24, 2.45) is 0 Å². The molecule has 0 N–H and O–H groups in total. The van der Waals surface area contributed by atoms with Crippen LogP contribution in [-0.2, 0) is 0 Å². The van der Waals surface area contributed by atoms with Crippen LogP contribution in [0.25, 0.3) is 6.08 Å². The van der Waals surface area contributed by atoms with E-state index in [1.165, 1.54) is 32.1 Å². The Kier molecular flexibility index (Phi) is 8.65. The van der Waals surface area contributed by atoms with Crippen molar-refractivity contribution in [1.29, 1.82) is 0 Å². The second-order valence-electron chi connectivity index (χ2n) is 5.48. The van der Waals surface area contributed by atoms with Crippen molar-refractivity contribution in [1.82, 2.24) is 0 Å². The Hall–Kier alpha value is -1.44. The fourth-order valence-corrected chi connectivity index (χ4v) is 2.40. The molecule has 0 aliphatic heterocycles. The Morgan fingerprint density at radius 2 is 1.71 bits per heavy atom. The minimum atomic E-state index is 0.794. The zero-order valence-electron chi connectivity index (χ0n) is 14.1. The number of ether oxygens (including phenoxy) is 2. The van der Waals surface area contributed by atoms with Gasteiger partial charge in [0.2, 0.25) is 0 Å². The number of rotatable bonds is 10. The van der Waals surface area contributed by atoms with Crippen molar-refractivity contribution in [2.75, 3.05) is 13.7 Å². The van der Waals surface area contributed by atoms with Gasteiger partial charge < -0.3 is 9.47 Å². The van der Waals surface area contributed by atoms with Crippen molar-refractivity contribution >= 4 is 6.08 Å². The summed E-state index contributed by atoms with van der Waals surface area (Å²) in [5.41, 5.74) is 2.20. The molecule has 2 nitrogen and oxygen atoms in total. The van der Waals surface area contributed by atoms with Crippen molar-refractivity contribution in [3.05, 3.63) is 29.3 Å². The molecule has 0 unspecified atom stereocenters. The van der Waals surface area contributed by atoms with Crippen LogP contribution in [0.1, 0.15) is 63.5 Å². The Bertz CT molecular complexity index is 435. The van der Waals surface area contributed by atoms with Gasteiger partial charge in [-0.25, -0.2) is 0 Å². The van der Waals surface area contributed by atoms with Crippen LogP contribution < -0.4 is 9.47 Å². The normalized spacial score (nSPS) is 11.0. The van der Waals surface area contributed by atoms with Gasteiger partial charge in [-0.3, -0.25) is 0 Å². The lowest BCUT2D eigenvalue weighted by atomic mass is 10.1. The molecule has 2 heteroatoms. The third-order valence-electron chi connectivity index (χ3n) is 3.63. The highest BCUT2D eigenvalue weighted by atomic mass is 16.5. The molecule has 1 rings (SSSR count). The maximum atomic E-state index is 5.97. The second kappa shape index (κ2) is 10.3. The van der Waals surface area contributed by atoms with E-state index in [1.54, 1.807) is 7.11 Å². The van der Waals surface area contributed by atoms with Crippen molar-refractivity contribution in [3.63, 3.8) is 0 Å². The summed E-state index contributed by atoms with van der Waals surface area (Å²) in [4.78, 5) is 0. The predicted molar refractivity (Wildman–Crippen MR) is 91.3 cm³/mol. The van der Waals surface area contributed by atoms with E-state index in [9.17, 15) is 0 Å². The number of unbranched alkanes of at least 4 members (excludes halogenated alkanes) is 5. The molecule has 0 aliphatic rings. The van der Waals surface area contributed by atoms with Gasteiger partial charge in [0.25, 0.3) is 0 Å². The Labute approximate surface area is 130 Å². The lowest BCUT2D eigenvalue weighted by Crippen LogP contribution is -2.00. The number of allylic oxidation sites excluding steroid dienone is 1. The standard InChI is InChI=1S/C19H30O2/c1-5-7-8-9-10-11-13-21-19-14-16(3)18(20-4)15-17(19)12-6-2/h6,12,14-15H,5,7-11,13H2,1-4H3. The summed E-state index contributed by atoms with van der Waals surface area (Å²) >= 11 is 0. The van der Waals surface area contributed by atoms with Gasteiger partial charge in [0.15, 0.2) is 0 Å². The summed E-state index contributed by atoms with van der Waals surface area (Å²) in [6.07, 6.45) is 11.8. The highest BCUT2D eigenvalue weighted by Gasteiger charge is 2.07. The predicted octanol–water partition coefficient (Wildman–Crippen LogP) is 5.78. The molecule has 0 aromatic heterocycles. The number of benzene rings is 1. The smallest absolute Gasteiger partial charge is 0.127 e. The highest BCUT2D eigenvalue weighted by molar-refractivity contribution is 5.61. The third kappa shape index (κ3) is 6.24. The van der Waals surface area contributed by atoms with Gasteiger partial charge in [-0.1, -0.05) is 51.2 Å².